The Kier molecular flexibility index (Phi) is 3.84. The van der Waals surface area contributed by atoms with E-state index in [0.717, 1.165) is 4.88 Å². The largest absolute Gasteiger partial charge is 0.270 e. The van der Waals surface area contributed by atoms with Crippen LogP contribution in [0.3, 0.4) is 0 Å². The fraction of sp³-hybridized carbons (Fsp3) is 0.250. The lowest BCUT2D eigenvalue weighted by molar-refractivity contribution is 0.890. The van der Waals surface area contributed by atoms with Crippen molar-refractivity contribution in [1.82, 2.24) is 0 Å². The summed E-state index contributed by atoms with van der Waals surface area (Å²) in [6.07, 6.45) is 0. The van der Waals surface area contributed by atoms with Crippen LogP contribution in [0.5, 0.6) is 0 Å². The van der Waals surface area contributed by atoms with Gasteiger partial charge in [0, 0.05) is 9.75 Å². The quantitative estimate of drug-likeness (QED) is 0.557. The molecule has 0 aromatic carbocycles. The highest BCUT2D eigenvalue weighted by Gasteiger charge is 2.13. The van der Waals surface area contributed by atoms with Gasteiger partial charge < -0.3 is 0 Å². The molecule has 0 amide bonds. The Hall–Kier alpha value is -2.09. The van der Waals surface area contributed by atoms with Crippen LogP contribution < -0.4 is 0 Å². The fourth-order valence-corrected chi connectivity index (χ4v) is 2.15. The lowest BCUT2D eigenvalue weighted by Gasteiger charge is -1.98. The van der Waals surface area contributed by atoms with Gasteiger partial charge in [-0.15, -0.1) is 0 Å². The van der Waals surface area contributed by atoms with Gasteiger partial charge in [-0.2, -0.15) is 11.3 Å². The monoisotopic (exact) mass is 227 g/mol. The second-order valence-corrected chi connectivity index (χ2v) is 4.50. The first-order valence-corrected chi connectivity index (χ1v) is 5.45. The molecule has 0 aliphatic rings. The van der Waals surface area contributed by atoms with Crippen LogP contribution in [-0.2, 0) is 0 Å². The van der Waals surface area contributed by atoms with E-state index in [1.54, 1.807) is 12.1 Å². The Labute approximate surface area is 98.9 Å². The molecule has 16 heavy (non-hydrogen) atoms. The molecule has 1 aromatic heterocycles. The molecule has 0 atom stereocenters. The molecule has 0 spiro atoms. The Morgan fingerprint density at radius 1 is 1.38 bits per heavy atom. The molecular weight excluding hydrogens is 218 g/mol. The Bertz CT molecular complexity index is 528. The fourth-order valence-electron chi connectivity index (χ4n) is 1.15. The minimum Gasteiger partial charge on any atom is -0.248 e. The highest BCUT2D eigenvalue weighted by Crippen LogP contribution is 2.31. The van der Waals surface area contributed by atoms with E-state index in [1.165, 1.54) is 11.3 Å². The van der Waals surface area contributed by atoms with Crippen molar-refractivity contribution in [1.29, 1.82) is 5.26 Å². The van der Waals surface area contributed by atoms with Crippen molar-refractivity contribution in [3.05, 3.63) is 50.4 Å². The molecule has 0 aliphatic heterocycles. The molecule has 0 bridgehead atoms. The van der Waals surface area contributed by atoms with Gasteiger partial charge in [0.2, 0.25) is 5.70 Å². The van der Waals surface area contributed by atoms with Crippen LogP contribution in [0.4, 0.5) is 0 Å². The molecule has 0 saturated carbocycles. The van der Waals surface area contributed by atoms with Crippen molar-refractivity contribution < 1.29 is 0 Å². The van der Waals surface area contributed by atoms with Gasteiger partial charge in [0.1, 0.15) is 0 Å². The number of nitriles is 1. The van der Waals surface area contributed by atoms with Crippen LogP contribution in [0.1, 0.15) is 29.5 Å². The van der Waals surface area contributed by atoms with Crippen LogP contribution in [0.2, 0.25) is 0 Å². The maximum atomic E-state index is 8.74. The standard InChI is InChI=1S/C12H9N3S/c1-8(2)10-5-6-11(16-10)12(15-4)9(7-13)14-3/h5-6,8H,1-2H3/b12-9-. The zero-order valence-corrected chi connectivity index (χ0v) is 9.80. The summed E-state index contributed by atoms with van der Waals surface area (Å²) in [6, 6.07) is 5.50. The molecule has 0 fully saturated rings. The normalized spacial score (nSPS) is 11.2. The predicted octanol–water partition coefficient (Wildman–Crippen LogP) is 3.90. The number of thiophene rings is 1. The maximum absolute atomic E-state index is 8.74. The lowest BCUT2D eigenvalue weighted by atomic mass is 10.2. The molecule has 78 valence electrons. The van der Waals surface area contributed by atoms with Crippen molar-refractivity contribution >= 4 is 17.0 Å². The van der Waals surface area contributed by atoms with Gasteiger partial charge in [-0.05, 0) is 12.0 Å². The average Bonchev–Trinajstić information content (AvgIpc) is 2.74. The summed E-state index contributed by atoms with van der Waals surface area (Å²) in [5, 5.41) is 8.74. The first-order valence-electron chi connectivity index (χ1n) is 4.63. The summed E-state index contributed by atoms with van der Waals surface area (Å²) < 4.78 is 0. The van der Waals surface area contributed by atoms with E-state index in [9.17, 15) is 0 Å². The van der Waals surface area contributed by atoms with Crippen LogP contribution in [0.25, 0.3) is 15.4 Å². The van der Waals surface area contributed by atoms with Crippen LogP contribution in [0, 0.1) is 24.5 Å². The lowest BCUT2D eigenvalue weighted by Crippen LogP contribution is -1.79. The minimum atomic E-state index is -0.132. The topological polar surface area (TPSA) is 32.5 Å². The van der Waals surface area contributed by atoms with Crippen molar-refractivity contribution in [3.8, 4) is 6.07 Å². The smallest absolute Gasteiger partial charge is 0.248 e. The highest BCUT2D eigenvalue weighted by molar-refractivity contribution is 7.13. The van der Waals surface area contributed by atoms with E-state index < -0.39 is 0 Å². The van der Waals surface area contributed by atoms with Crippen LogP contribution in [0.15, 0.2) is 17.8 Å². The first-order chi connectivity index (χ1) is 7.63. The molecule has 0 N–H and O–H groups in total. The minimum absolute atomic E-state index is 0.132. The van der Waals surface area contributed by atoms with Gasteiger partial charge >= 0.3 is 0 Å². The van der Waals surface area contributed by atoms with E-state index in [1.807, 2.05) is 6.07 Å². The van der Waals surface area contributed by atoms with Gasteiger partial charge in [-0.25, -0.2) is 15.0 Å². The van der Waals surface area contributed by atoms with Gasteiger partial charge in [-0.3, -0.25) is 0 Å². The summed E-state index contributed by atoms with van der Waals surface area (Å²) in [5.41, 5.74) is 0.0292. The molecule has 0 unspecified atom stereocenters. The third-order valence-electron chi connectivity index (χ3n) is 1.98. The van der Waals surface area contributed by atoms with Crippen molar-refractivity contribution in [2.75, 3.05) is 0 Å². The summed E-state index contributed by atoms with van der Waals surface area (Å²) >= 11 is 1.47. The zero-order chi connectivity index (χ0) is 12.1. The molecule has 1 heterocycles. The number of rotatable bonds is 2. The van der Waals surface area contributed by atoms with Gasteiger partial charge in [-0.1, -0.05) is 19.9 Å². The van der Waals surface area contributed by atoms with E-state index in [4.69, 9.17) is 18.4 Å². The second kappa shape index (κ2) is 5.12. The highest BCUT2D eigenvalue weighted by atomic mass is 32.1. The molecule has 4 heteroatoms. The zero-order valence-electron chi connectivity index (χ0n) is 8.98. The molecule has 0 radical (unpaired) electrons. The van der Waals surface area contributed by atoms with E-state index in [-0.39, 0.29) is 11.4 Å². The molecule has 1 aromatic rings. The maximum Gasteiger partial charge on any atom is 0.270 e. The summed E-state index contributed by atoms with van der Waals surface area (Å²) in [4.78, 5) is 8.20. The first kappa shape index (κ1) is 12.0. The number of allylic oxidation sites excluding steroid dienone is 1. The molecule has 0 saturated heterocycles. The van der Waals surface area contributed by atoms with Gasteiger partial charge in [0.15, 0.2) is 0 Å². The summed E-state index contributed by atoms with van der Waals surface area (Å²) in [5.74, 6) is 0.393. The predicted molar refractivity (Wildman–Crippen MR) is 64.1 cm³/mol. The Balaban J connectivity index is 3.29. The van der Waals surface area contributed by atoms with Crippen LogP contribution in [-0.4, -0.2) is 0 Å². The number of hydrogen-bond acceptors (Lipinski definition) is 2. The van der Waals surface area contributed by atoms with Gasteiger partial charge in [0.25, 0.3) is 5.70 Å². The summed E-state index contributed by atoms with van der Waals surface area (Å²) in [6.45, 7) is 18.0. The van der Waals surface area contributed by atoms with Crippen molar-refractivity contribution in [3.63, 3.8) is 0 Å². The van der Waals surface area contributed by atoms with Gasteiger partial charge in [0.05, 0.1) is 19.2 Å². The van der Waals surface area contributed by atoms with Crippen LogP contribution >= 0.6 is 11.3 Å². The second-order valence-electron chi connectivity index (χ2n) is 3.39. The average molecular weight is 227 g/mol. The molecular formula is C12H9N3S. The molecule has 3 nitrogen and oxygen atoms in total. The number of hydrogen-bond donors (Lipinski definition) is 0. The molecule has 0 aliphatic carbocycles. The molecule has 1 rings (SSSR count). The van der Waals surface area contributed by atoms with E-state index in [2.05, 4.69) is 23.5 Å². The number of nitrogens with zero attached hydrogens (tertiary/aromatic N) is 3. The third-order valence-corrected chi connectivity index (χ3v) is 3.38. The third kappa shape index (κ3) is 2.28. The summed E-state index contributed by atoms with van der Waals surface area (Å²) in [7, 11) is 0. The van der Waals surface area contributed by atoms with E-state index in [0.29, 0.717) is 10.8 Å². The van der Waals surface area contributed by atoms with E-state index >= 15 is 0 Å². The van der Waals surface area contributed by atoms with Crippen molar-refractivity contribution in [2.24, 2.45) is 0 Å². The van der Waals surface area contributed by atoms with Crippen molar-refractivity contribution in [2.45, 2.75) is 19.8 Å². The Morgan fingerprint density at radius 2 is 2.06 bits per heavy atom. The Morgan fingerprint density at radius 3 is 2.44 bits per heavy atom. The SMILES string of the molecule is [C-]#[N+]/C(C#N)=C(\[N+]#[C-])c1ccc(C(C)C)s1.